The van der Waals surface area contributed by atoms with Crippen molar-refractivity contribution in [2.45, 2.75) is 17.4 Å². The van der Waals surface area contributed by atoms with E-state index in [4.69, 9.17) is 16.3 Å². The van der Waals surface area contributed by atoms with E-state index in [1.807, 2.05) is 19.0 Å². The molecule has 0 aromatic heterocycles. The number of rotatable bonds is 7. The van der Waals surface area contributed by atoms with Gasteiger partial charge in [-0.15, -0.1) is 0 Å². The van der Waals surface area contributed by atoms with Crippen LogP contribution in [-0.4, -0.2) is 54.7 Å². The molecule has 0 aliphatic carbocycles. The van der Waals surface area contributed by atoms with Crippen LogP contribution >= 0.6 is 11.6 Å². The zero-order chi connectivity index (χ0) is 20.5. The number of halogens is 1. The van der Waals surface area contributed by atoms with Crippen LogP contribution < -0.4 is 14.4 Å². The molecule has 28 heavy (non-hydrogen) atoms. The highest BCUT2D eigenvalue weighted by atomic mass is 35.5. The van der Waals surface area contributed by atoms with Crippen LogP contribution in [0.4, 0.5) is 5.69 Å². The summed E-state index contributed by atoms with van der Waals surface area (Å²) in [7, 11) is 3.63. The highest BCUT2D eigenvalue weighted by Gasteiger charge is 2.24. The molecule has 0 fully saturated rings. The standard InChI is InChI=1S/C20H26ClN3O3S/c1-23(2)18(14-5-7-17-15(11-14)9-10-24(17)3)13-22-28(25,26)20-12-16(21)6-8-19(20)27-4/h5-8,11-12,18,22H,9-10,13H2,1-4H3/t18-/m0/s1. The Kier molecular flexibility index (Phi) is 6.19. The van der Waals surface area contributed by atoms with Gasteiger partial charge in [0.25, 0.3) is 0 Å². The van der Waals surface area contributed by atoms with Crippen molar-refractivity contribution in [2.75, 3.05) is 46.2 Å². The largest absolute Gasteiger partial charge is 0.495 e. The summed E-state index contributed by atoms with van der Waals surface area (Å²) >= 11 is 5.99. The number of anilines is 1. The van der Waals surface area contributed by atoms with Crippen LogP contribution in [0.15, 0.2) is 41.3 Å². The van der Waals surface area contributed by atoms with Gasteiger partial charge in [0, 0.05) is 36.9 Å². The summed E-state index contributed by atoms with van der Waals surface area (Å²) in [5, 5.41) is 0.341. The Morgan fingerprint density at radius 1 is 1.25 bits per heavy atom. The van der Waals surface area contributed by atoms with Crippen LogP contribution in [0.5, 0.6) is 5.75 Å². The van der Waals surface area contributed by atoms with Crippen molar-refractivity contribution in [1.82, 2.24) is 9.62 Å². The lowest BCUT2D eigenvalue weighted by atomic mass is 10.0. The molecule has 6 nitrogen and oxygen atoms in total. The minimum Gasteiger partial charge on any atom is -0.495 e. The van der Waals surface area contributed by atoms with E-state index in [9.17, 15) is 8.42 Å². The monoisotopic (exact) mass is 423 g/mol. The lowest BCUT2D eigenvalue weighted by Gasteiger charge is -2.26. The fourth-order valence-electron chi connectivity index (χ4n) is 3.52. The van der Waals surface area contributed by atoms with Crippen molar-refractivity contribution < 1.29 is 13.2 Å². The minimum absolute atomic E-state index is 0.0376. The van der Waals surface area contributed by atoms with Crippen LogP contribution in [0.25, 0.3) is 0 Å². The quantitative estimate of drug-likeness (QED) is 0.741. The average Bonchev–Trinajstić information content (AvgIpc) is 3.02. The second kappa shape index (κ2) is 8.29. The van der Waals surface area contributed by atoms with Crippen LogP contribution in [0.1, 0.15) is 17.2 Å². The van der Waals surface area contributed by atoms with Gasteiger partial charge in [-0.05, 0) is 55.9 Å². The van der Waals surface area contributed by atoms with E-state index >= 15 is 0 Å². The maximum absolute atomic E-state index is 12.9. The number of fused-ring (bicyclic) bond motifs is 1. The summed E-state index contributed by atoms with van der Waals surface area (Å²) < 4.78 is 33.7. The molecule has 0 saturated heterocycles. The van der Waals surface area contributed by atoms with Gasteiger partial charge in [0.1, 0.15) is 10.6 Å². The average molecular weight is 424 g/mol. The summed E-state index contributed by atoms with van der Waals surface area (Å²) in [6.45, 7) is 1.24. The highest BCUT2D eigenvalue weighted by Crippen LogP contribution is 2.31. The van der Waals surface area contributed by atoms with Crippen LogP contribution in [-0.2, 0) is 16.4 Å². The topological polar surface area (TPSA) is 61.9 Å². The molecule has 2 aromatic rings. The van der Waals surface area contributed by atoms with Gasteiger partial charge in [0.2, 0.25) is 10.0 Å². The van der Waals surface area contributed by atoms with Gasteiger partial charge < -0.3 is 14.5 Å². The maximum atomic E-state index is 12.9. The Morgan fingerprint density at radius 3 is 2.68 bits per heavy atom. The summed E-state index contributed by atoms with van der Waals surface area (Å²) in [4.78, 5) is 4.28. The molecule has 8 heteroatoms. The van der Waals surface area contributed by atoms with Crippen LogP contribution in [0.3, 0.4) is 0 Å². The van der Waals surface area contributed by atoms with Crippen molar-refractivity contribution in [3.63, 3.8) is 0 Å². The molecular weight excluding hydrogens is 398 g/mol. The number of methoxy groups -OCH3 is 1. The maximum Gasteiger partial charge on any atom is 0.244 e. The molecule has 0 amide bonds. The second-order valence-corrected chi connectivity index (χ2v) is 9.36. The molecule has 2 aromatic carbocycles. The predicted molar refractivity (Wildman–Crippen MR) is 113 cm³/mol. The Balaban J connectivity index is 1.84. The van der Waals surface area contributed by atoms with E-state index in [2.05, 4.69) is 34.9 Å². The van der Waals surface area contributed by atoms with E-state index in [0.29, 0.717) is 5.02 Å². The van der Waals surface area contributed by atoms with Crippen LogP contribution in [0.2, 0.25) is 5.02 Å². The lowest BCUT2D eigenvalue weighted by Crippen LogP contribution is -2.34. The molecule has 0 bridgehead atoms. The van der Waals surface area contributed by atoms with Gasteiger partial charge in [-0.2, -0.15) is 0 Å². The fourth-order valence-corrected chi connectivity index (χ4v) is 4.99. The Hall–Kier alpha value is -1.80. The third-order valence-corrected chi connectivity index (χ3v) is 6.80. The predicted octanol–water partition coefficient (Wildman–Crippen LogP) is 2.92. The number of sulfonamides is 1. The van der Waals surface area contributed by atoms with Gasteiger partial charge >= 0.3 is 0 Å². The number of ether oxygens (including phenoxy) is 1. The van der Waals surface area contributed by atoms with E-state index in [1.165, 1.54) is 24.4 Å². The Morgan fingerprint density at radius 2 is 2.00 bits per heavy atom. The number of hydrogen-bond donors (Lipinski definition) is 1. The molecule has 3 rings (SSSR count). The van der Waals surface area contributed by atoms with Gasteiger partial charge in [0.15, 0.2) is 0 Å². The van der Waals surface area contributed by atoms with Gasteiger partial charge in [-0.1, -0.05) is 23.7 Å². The first kappa shape index (κ1) is 20.9. The molecule has 152 valence electrons. The molecule has 1 N–H and O–H groups in total. The van der Waals surface area contributed by atoms with Crippen molar-refractivity contribution in [3.8, 4) is 5.75 Å². The number of benzene rings is 2. The first-order valence-corrected chi connectivity index (χ1v) is 10.9. The van der Waals surface area contributed by atoms with Crippen molar-refractivity contribution >= 4 is 27.3 Å². The molecule has 1 aliphatic heterocycles. The number of nitrogens with one attached hydrogen (secondary N) is 1. The third kappa shape index (κ3) is 4.27. The molecule has 0 unspecified atom stereocenters. The van der Waals surface area contributed by atoms with E-state index in [0.717, 1.165) is 18.5 Å². The molecule has 0 radical (unpaired) electrons. The Bertz CT molecular complexity index is 963. The number of hydrogen-bond acceptors (Lipinski definition) is 5. The molecule has 1 heterocycles. The molecular formula is C20H26ClN3O3S. The minimum atomic E-state index is -3.78. The molecule has 0 spiro atoms. The summed E-state index contributed by atoms with van der Waals surface area (Å²) in [5.41, 5.74) is 3.62. The SMILES string of the molecule is COc1ccc(Cl)cc1S(=O)(=O)NC[C@@H](c1ccc2c(c1)CCN2C)N(C)C. The zero-order valence-electron chi connectivity index (χ0n) is 16.6. The summed E-state index contributed by atoms with van der Waals surface area (Å²) in [6.07, 6.45) is 1.01. The molecule has 1 atom stereocenters. The van der Waals surface area contributed by atoms with Crippen molar-refractivity contribution in [2.24, 2.45) is 0 Å². The van der Waals surface area contributed by atoms with Crippen molar-refractivity contribution in [3.05, 3.63) is 52.5 Å². The zero-order valence-corrected chi connectivity index (χ0v) is 18.1. The van der Waals surface area contributed by atoms with E-state index in [-0.39, 0.29) is 23.2 Å². The summed E-state index contributed by atoms with van der Waals surface area (Å²) in [6, 6.07) is 10.8. The van der Waals surface area contributed by atoms with Gasteiger partial charge in [-0.3, -0.25) is 0 Å². The molecule has 1 aliphatic rings. The highest BCUT2D eigenvalue weighted by molar-refractivity contribution is 7.89. The molecule has 0 saturated carbocycles. The second-order valence-electron chi connectivity index (χ2n) is 7.19. The van der Waals surface area contributed by atoms with E-state index < -0.39 is 10.0 Å². The first-order chi connectivity index (χ1) is 13.2. The van der Waals surface area contributed by atoms with Crippen molar-refractivity contribution in [1.29, 1.82) is 0 Å². The number of nitrogens with zero attached hydrogens (tertiary/aromatic N) is 2. The van der Waals surface area contributed by atoms with Crippen LogP contribution in [0, 0.1) is 0 Å². The number of likely N-dealkylation sites (N-methyl/N-ethyl adjacent to an activating group) is 2. The van der Waals surface area contributed by atoms with Gasteiger partial charge in [-0.25, -0.2) is 13.1 Å². The third-order valence-electron chi connectivity index (χ3n) is 5.12. The Labute approximate surface area is 172 Å². The smallest absolute Gasteiger partial charge is 0.244 e. The normalized spacial score (nSPS) is 15.0. The summed E-state index contributed by atoms with van der Waals surface area (Å²) in [5.74, 6) is 0.263. The van der Waals surface area contributed by atoms with Gasteiger partial charge in [0.05, 0.1) is 7.11 Å². The first-order valence-electron chi connectivity index (χ1n) is 9.06. The van der Waals surface area contributed by atoms with E-state index in [1.54, 1.807) is 12.1 Å². The fraction of sp³-hybridized carbons (Fsp3) is 0.400. The lowest BCUT2D eigenvalue weighted by molar-refractivity contribution is 0.299.